The molecule has 3 amide bonds. The van der Waals surface area contributed by atoms with E-state index in [9.17, 15) is 14.4 Å². The molecule has 0 bridgehead atoms. The average Bonchev–Trinajstić information content (AvgIpc) is 3.21. The first kappa shape index (κ1) is 18.7. The average molecular weight is 415 g/mol. The molecule has 144 valence electrons. The van der Waals surface area contributed by atoms with E-state index in [2.05, 4.69) is 0 Å². The Labute approximate surface area is 169 Å². The van der Waals surface area contributed by atoms with Gasteiger partial charge in [0.25, 0.3) is 5.56 Å². The molecule has 0 fully saturated rings. The summed E-state index contributed by atoms with van der Waals surface area (Å²) in [4.78, 5) is 42.7. The molecule has 28 heavy (non-hydrogen) atoms. The number of hydrogen-bond acceptors (Lipinski definition) is 6. The molecule has 1 aliphatic rings. The van der Waals surface area contributed by atoms with Crippen LogP contribution in [0, 0.1) is 6.92 Å². The number of fused-ring (bicyclic) bond motifs is 3. The predicted molar refractivity (Wildman–Crippen MR) is 110 cm³/mol. The van der Waals surface area contributed by atoms with Crippen molar-refractivity contribution in [3.05, 3.63) is 50.6 Å². The summed E-state index contributed by atoms with van der Waals surface area (Å²) in [7, 11) is 0. The van der Waals surface area contributed by atoms with Crippen LogP contribution in [0.5, 0.6) is 0 Å². The molecule has 0 aliphatic heterocycles. The third-order valence-corrected chi connectivity index (χ3v) is 6.72. The van der Waals surface area contributed by atoms with Crippen LogP contribution in [0.15, 0.2) is 34.2 Å². The van der Waals surface area contributed by atoms with Crippen LogP contribution in [0.4, 0.5) is 4.79 Å². The van der Waals surface area contributed by atoms with Gasteiger partial charge in [0, 0.05) is 4.88 Å². The lowest BCUT2D eigenvalue weighted by Crippen LogP contribution is -2.36. The van der Waals surface area contributed by atoms with Crippen LogP contribution >= 0.6 is 23.1 Å². The zero-order chi connectivity index (χ0) is 19.8. The fourth-order valence-corrected chi connectivity index (χ4v) is 5.46. The highest BCUT2D eigenvalue weighted by atomic mass is 32.2. The van der Waals surface area contributed by atoms with E-state index >= 15 is 0 Å². The van der Waals surface area contributed by atoms with Crippen LogP contribution in [0.1, 0.15) is 22.4 Å². The van der Waals surface area contributed by atoms with Gasteiger partial charge in [0.2, 0.25) is 5.91 Å². The van der Waals surface area contributed by atoms with Gasteiger partial charge in [-0.05, 0) is 43.9 Å². The Morgan fingerprint density at radius 1 is 1.29 bits per heavy atom. The Hall–Kier alpha value is -2.65. The fourth-order valence-electron chi connectivity index (χ4n) is 3.35. The lowest BCUT2D eigenvalue weighted by atomic mass is 10.2. The van der Waals surface area contributed by atoms with E-state index in [1.807, 2.05) is 36.5 Å². The van der Waals surface area contributed by atoms with Crippen molar-refractivity contribution in [2.24, 2.45) is 5.73 Å². The fraction of sp³-hybridized carbons (Fsp3) is 0.263. The molecule has 4 rings (SSSR count). The standard InChI is InChI=1S/C19H18N4O3S2/c1-10-5-7-11(8-6-10)23-17(25)15-12-3-2-4-13(12)28-16(15)22-19(23)27-9-14(24)21-18(20)26/h5-8H,2-4,9H2,1H3,(H3,20,21,24,26). The maximum atomic E-state index is 13.4. The molecule has 2 heterocycles. The number of aryl methyl sites for hydroxylation is 3. The van der Waals surface area contributed by atoms with E-state index < -0.39 is 11.9 Å². The van der Waals surface area contributed by atoms with Crippen molar-refractivity contribution in [1.82, 2.24) is 14.9 Å². The molecule has 3 aromatic rings. The minimum absolute atomic E-state index is 0.0716. The quantitative estimate of drug-likeness (QED) is 0.504. The smallest absolute Gasteiger partial charge is 0.318 e. The van der Waals surface area contributed by atoms with Crippen LogP contribution in [-0.2, 0) is 17.6 Å². The van der Waals surface area contributed by atoms with E-state index in [0.29, 0.717) is 21.1 Å². The van der Waals surface area contributed by atoms with Crippen molar-refractivity contribution >= 4 is 45.3 Å². The summed E-state index contributed by atoms with van der Waals surface area (Å²) in [6.07, 6.45) is 2.93. The number of nitrogens with one attached hydrogen (secondary N) is 1. The highest BCUT2D eigenvalue weighted by Crippen LogP contribution is 2.36. The van der Waals surface area contributed by atoms with E-state index in [4.69, 9.17) is 10.7 Å². The number of amides is 3. The molecule has 0 saturated carbocycles. The molecule has 1 aliphatic carbocycles. The monoisotopic (exact) mass is 414 g/mol. The van der Waals surface area contributed by atoms with Gasteiger partial charge in [-0.3, -0.25) is 19.5 Å². The number of nitrogens with zero attached hydrogens (tertiary/aromatic N) is 2. The number of carbonyl (C=O) groups excluding carboxylic acids is 2. The van der Waals surface area contributed by atoms with Gasteiger partial charge in [0.05, 0.1) is 16.8 Å². The first-order chi connectivity index (χ1) is 13.4. The summed E-state index contributed by atoms with van der Waals surface area (Å²) in [5.41, 5.74) is 7.76. The Kier molecular flexibility index (Phi) is 4.94. The zero-order valence-electron chi connectivity index (χ0n) is 15.2. The molecule has 9 heteroatoms. The lowest BCUT2D eigenvalue weighted by Gasteiger charge is -2.12. The number of primary amides is 1. The Balaban J connectivity index is 1.83. The molecular weight excluding hydrogens is 396 g/mol. The largest absolute Gasteiger partial charge is 0.351 e. The number of imide groups is 1. The zero-order valence-corrected chi connectivity index (χ0v) is 16.8. The molecule has 0 unspecified atom stereocenters. The SMILES string of the molecule is Cc1ccc(-n2c(SCC(=O)NC(N)=O)nc3sc4c(c3c2=O)CCC4)cc1. The highest BCUT2D eigenvalue weighted by molar-refractivity contribution is 7.99. The normalized spacial score (nSPS) is 12.9. The number of benzene rings is 1. The molecule has 0 radical (unpaired) electrons. The highest BCUT2D eigenvalue weighted by Gasteiger charge is 2.24. The summed E-state index contributed by atoms with van der Waals surface area (Å²) in [5.74, 6) is -0.603. The summed E-state index contributed by atoms with van der Waals surface area (Å²) in [6, 6.07) is 6.69. The maximum absolute atomic E-state index is 13.4. The van der Waals surface area contributed by atoms with E-state index in [0.717, 1.165) is 42.2 Å². The topological polar surface area (TPSA) is 107 Å². The van der Waals surface area contributed by atoms with Gasteiger partial charge in [-0.15, -0.1) is 11.3 Å². The van der Waals surface area contributed by atoms with Crippen LogP contribution in [0.25, 0.3) is 15.9 Å². The minimum atomic E-state index is -0.903. The number of thiophene rings is 1. The second-order valence-corrected chi connectivity index (χ2v) is 8.64. The molecule has 7 nitrogen and oxygen atoms in total. The number of hydrogen-bond donors (Lipinski definition) is 2. The van der Waals surface area contributed by atoms with Gasteiger partial charge in [-0.2, -0.15) is 0 Å². The van der Waals surface area contributed by atoms with E-state index in [1.165, 1.54) is 4.88 Å². The van der Waals surface area contributed by atoms with Crippen LogP contribution in [0.2, 0.25) is 0 Å². The number of carbonyl (C=O) groups is 2. The summed E-state index contributed by atoms with van der Waals surface area (Å²) in [6.45, 7) is 1.98. The van der Waals surface area contributed by atoms with Crippen LogP contribution < -0.4 is 16.6 Å². The number of nitrogens with two attached hydrogens (primary N) is 1. The van der Waals surface area contributed by atoms with Crippen molar-refractivity contribution < 1.29 is 9.59 Å². The number of aromatic nitrogens is 2. The third-order valence-electron chi connectivity index (χ3n) is 4.60. The second-order valence-electron chi connectivity index (χ2n) is 6.61. The molecule has 0 atom stereocenters. The van der Waals surface area contributed by atoms with Crippen molar-refractivity contribution in [3.8, 4) is 5.69 Å². The van der Waals surface area contributed by atoms with E-state index in [1.54, 1.807) is 15.9 Å². The Morgan fingerprint density at radius 2 is 2.04 bits per heavy atom. The van der Waals surface area contributed by atoms with Crippen molar-refractivity contribution in [1.29, 1.82) is 0 Å². The van der Waals surface area contributed by atoms with Gasteiger partial charge >= 0.3 is 6.03 Å². The second kappa shape index (κ2) is 7.40. The van der Waals surface area contributed by atoms with Gasteiger partial charge in [0.15, 0.2) is 5.16 Å². The number of rotatable bonds is 4. The molecule has 1 aromatic carbocycles. The number of thioether (sulfide) groups is 1. The van der Waals surface area contributed by atoms with Gasteiger partial charge in [0.1, 0.15) is 4.83 Å². The molecule has 0 spiro atoms. The number of urea groups is 1. The predicted octanol–water partition coefficient (Wildman–Crippen LogP) is 2.53. The molecular formula is C19H18N4O3S2. The maximum Gasteiger partial charge on any atom is 0.318 e. The van der Waals surface area contributed by atoms with Crippen LogP contribution in [0.3, 0.4) is 0 Å². The summed E-state index contributed by atoms with van der Waals surface area (Å²) < 4.78 is 1.55. The first-order valence-corrected chi connectivity index (χ1v) is 10.6. The van der Waals surface area contributed by atoms with Gasteiger partial charge in [-0.25, -0.2) is 9.78 Å². The van der Waals surface area contributed by atoms with Gasteiger partial charge < -0.3 is 5.73 Å². The Morgan fingerprint density at radius 3 is 2.75 bits per heavy atom. The minimum Gasteiger partial charge on any atom is -0.351 e. The van der Waals surface area contributed by atoms with Crippen LogP contribution in [-0.4, -0.2) is 27.2 Å². The summed E-state index contributed by atoms with van der Waals surface area (Å²) >= 11 is 2.66. The van der Waals surface area contributed by atoms with Crippen molar-refractivity contribution in [2.45, 2.75) is 31.3 Å². The molecule has 0 saturated heterocycles. The lowest BCUT2D eigenvalue weighted by molar-refractivity contribution is -0.117. The summed E-state index contributed by atoms with van der Waals surface area (Å²) in [5, 5.41) is 3.13. The molecule has 2 aromatic heterocycles. The Bertz CT molecular complexity index is 1150. The van der Waals surface area contributed by atoms with E-state index in [-0.39, 0.29) is 11.3 Å². The third kappa shape index (κ3) is 3.43. The van der Waals surface area contributed by atoms with Crippen molar-refractivity contribution in [2.75, 3.05) is 5.75 Å². The van der Waals surface area contributed by atoms with Crippen molar-refractivity contribution in [3.63, 3.8) is 0 Å². The first-order valence-electron chi connectivity index (χ1n) is 8.80. The molecule has 3 N–H and O–H groups in total. The van der Waals surface area contributed by atoms with Gasteiger partial charge in [-0.1, -0.05) is 29.5 Å².